The molecule has 2 N–H and O–H groups in total. The molecule has 4 heteroatoms. The van der Waals surface area contributed by atoms with E-state index in [1.165, 1.54) is 0 Å². The second kappa shape index (κ2) is 7.24. The Labute approximate surface area is 126 Å². The number of aliphatic hydroxyl groups is 1. The van der Waals surface area contributed by atoms with E-state index in [4.69, 9.17) is 5.11 Å². The van der Waals surface area contributed by atoms with Crippen LogP contribution >= 0.6 is 0 Å². The van der Waals surface area contributed by atoms with Crippen LogP contribution in [0, 0.1) is 23.7 Å². The van der Waals surface area contributed by atoms with Gasteiger partial charge in [-0.1, -0.05) is 25.7 Å². The number of aliphatic hydroxyl groups excluding tert-OH is 1. The van der Waals surface area contributed by atoms with E-state index in [-0.39, 0.29) is 18.6 Å². The van der Waals surface area contributed by atoms with Crippen molar-refractivity contribution in [1.29, 1.82) is 0 Å². The average molecular weight is 286 g/mol. The van der Waals surface area contributed by atoms with Gasteiger partial charge in [-0.25, -0.2) is 0 Å². The first kappa shape index (κ1) is 15.5. The highest BCUT2D eigenvalue weighted by Gasteiger charge is 2.26. The molecular weight excluding hydrogens is 264 g/mol. The Kier molecular flexibility index (Phi) is 5.35. The highest BCUT2D eigenvalue weighted by Crippen LogP contribution is 2.28. The fourth-order valence-electron chi connectivity index (χ4n) is 2.91. The van der Waals surface area contributed by atoms with Gasteiger partial charge in [-0.2, -0.15) is 0 Å². The summed E-state index contributed by atoms with van der Waals surface area (Å²) in [4.78, 5) is 16.4. The van der Waals surface area contributed by atoms with Crippen molar-refractivity contribution in [2.45, 2.75) is 39.2 Å². The minimum Gasteiger partial charge on any atom is -0.384 e. The second-order valence-corrected chi connectivity index (χ2v) is 5.90. The molecule has 1 aromatic rings. The molecule has 2 rings (SSSR count). The maximum atomic E-state index is 12.3. The predicted octanol–water partition coefficient (Wildman–Crippen LogP) is 1.98. The van der Waals surface area contributed by atoms with Crippen LogP contribution in [0.2, 0.25) is 0 Å². The third-order valence-electron chi connectivity index (χ3n) is 4.06. The number of nitrogens with one attached hydrogen (secondary N) is 1. The van der Waals surface area contributed by atoms with Crippen LogP contribution in [0.5, 0.6) is 0 Å². The lowest BCUT2D eigenvalue weighted by atomic mass is 9.80. The molecule has 112 valence electrons. The van der Waals surface area contributed by atoms with Crippen LogP contribution in [0.4, 0.5) is 0 Å². The van der Waals surface area contributed by atoms with E-state index < -0.39 is 0 Å². The number of aromatic nitrogens is 1. The van der Waals surface area contributed by atoms with Crippen LogP contribution in [0.3, 0.4) is 0 Å². The summed E-state index contributed by atoms with van der Waals surface area (Å²) in [5.74, 6) is 6.47. The zero-order valence-corrected chi connectivity index (χ0v) is 12.6. The lowest BCUT2D eigenvalue weighted by molar-refractivity contribution is 0.0899. The third kappa shape index (κ3) is 4.30. The van der Waals surface area contributed by atoms with Crippen LogP contribution in [0.1, 0.15) is 49.0 Å². The Hall–Kier alpha value is -1.86. The Morgan fingerprint density at radius 1 is 1.43 bits per heavy atom. The smallest absolute Gasteiger partial charge is 0.253 e. The number of nitrogens with zero attached hydrogens (tertiary/aromatic N) is 1. The molecule has 3 unspecified atom stereocenters. The molecule has 0 bridgehead atoms. The van der Waals surface area contributed by atoms with E-state index >= 15 is 0 Å². The predicted molar refractivity (Wildman–Crippen MR) is 81.6 cm³/mol. The number of carbonyl (C=O) groups is 1. The molecule has 0 radical (unpaired) electrons. The molecule has 1 amide bonds. The molecule has 0 aliphatic heterocycles. The van der Waals surface area contributed by atoms with Gasteiger partial charge in [0.1, 0.15) is 6.61 Å². The number of hydrogen-bond acceptors (Lipinski definition) is 3. The van der Waals surface area contributed by atoms with Crippen LogP contribution in [0.15, 0.2) is 18.5 Å². The molecule has 1 fully saturated rings. The number of carbonyl (C=O) groups excluding carboxylic acids is 1. The fourth-order valence-corrected chi connectivity index (χ4v) is 2.91. The standard InChI is InChI=1S/C17H22N2O2/c1-12-5-6-16(13(2)8-12)19-17(21)15-9-14(4-3-7-20)10-18-11-15/h9-13,16,20H,5-8H2,1-2H3,(H,19,21). The monoisotopic (exact) mass is 286 g/mol. The average Bonchev–Trinajstić information content (AvgIpc) is 2.48. The lowest BCUT2D eigenvalue weighted by Crippen LogP contribution is -2.42. The van der Waals surface area contributed by atoms with Crippen molar-refractivity contribution in [3.63, 3.8) is 0 Å². The first-order chi connectivity index (χ1) is 10.1. The zero-order chi connectivity index (χ0) is 15.2. The minimum absolute atomic E-state index is 0.0958. The van der Waals surface area contributed by atoms with Gasteiger partial charge in [0.25, 0.3) is 5.91 Å². The highest BCUT2D eigenvalue weighted by molar-refractivity contribution is 5.94. The van der Waals surface area contributed by atoms with Gasteiger partial charge in [0.05, 0.1) is 5.56 Å². The van der Waals surface area contributed by atoms with Gasteiger partial charge in [0.2, 0.25) is 0 Å². The van der Waals surface area contributed by atoms with Crippen LogP contribution in [0.25, 0.3) is 0 Å². The van der Waals surface area contributed by atoms with E-state index in [0.29, 0.717) is 17.0 Å². The Morgan fingerprint density at radius 2 is 2.24 bits per heavy atom. The summed E-state index contributed by atoms with van der Waals surface area (Å²) in [6.07, 6.45) is 6.49. The third-order valence-corrected chi connectivity index (χ3v) is 4.06. The molecule has 0 aromatic carbocycles. The van der Waals surface area contributed by atoms with Gasteiger partial charge < -0.3 is 10.4 Å². The molecule has 1 aromatic heterocycles. The zero-order valence-electron chi connectivity index (χ0n) is 12.6. The molecule has 3 atom stereocenters. The van der Waals surface area contributed by atoms with Crippen LogP contribution in [-0.2, 0) is 0 Å². The van der Waals surface area contributed by atoms with E-state index in [1.807, 2.05) is 0 Å². The van der Waals surface area contributed by atoms with Crippen molar-refractivity contribution >= 4 is 5.91 Å². The SMILES string of the molecule is CC1CCC(NC(=O)c2cncc(C#CCO)c2)C(C)C1. The summed E-state index contributed by atoms with van der Waals surface area (Å²) >= 11 is 0. The summed E-state index contributed by atoms with van der Waals surface area (Å²) in [5.41, 5.74) is 1.16. The number of pyridine rings is 1. The minimum atomic E-state index is -0.200. The van der Waals surface area contributed by atoms with Crippen molar-refractivity contribution < 1.29 is 9.90 Å². The van der Waals surface area contributed by atoms with Crippen molar-refractivity contribution in [3.05, 3.63) is 29.6 Å². The van der Waals surface area contributed by atoms with Gasteiger partial charge in [0.15, 0.2) is 0 Å². The van der Waals surface area contributed by atoms with Crippen molar-refractivity contribution in [2.24, 2.45) is 11.8 Å². The van der Waals surface area contributed by atoms with Crippen molar-refractivity contribution in [3.8, 4) is 11.8 Å². The van der Waals surface area contributed by atoms with E-state index in [1.54, 1.807) is 18.5 Å². The molecule has 1 aliphatic carbocycles. The number of rotatable bonds is 2. The molecule has 0 spiro atoms. The molecule has 4 nitrogen and oxygen atoms in total. The molecule has 0 saturated heterocycles. The normalized spacial score (nSPS) is 24.8. The van der Waals surface area contributed by atoms with Gasteiger partial charge in [0, 0.05) is 24.0 Å². The Balaban J connectivity index is 2.03. The maximum absolute atomic E-state index is 12.3. The largest absolute Gasteiger partial charge is 0.384 e. The van der Waals surface area contributed by atoms with E-state index in [0.717, 1.165) is 25.2 Å². The van der Waals surface area contributed by atoms with Gasteiger partial charge in [-0.05, 0) is 37.2 Å². The Morgan fingerprint density at radius 3 is 2.95 bits per heavy atom. The van der Waals surface area contributed by atoms with Gasteiger partial charge >= 0.3 is 0 Å². The summed E-state index contributed by atoms with van der Waals surface area (Å²) in [5, 5.41) is 11.8. The van der Waals surface area contributed by atoms with Gasteiger partial charge in [-0.3, -0.25) is 9.78 Å². The van der Waals surface area contributed by atoms with Crippen LogP contribution < -0.4 is 5.32 Å². The number of hydrogen-bond donors (Lipinski definition) is 2. The summed E-state index contributed by atoms with van der Waals surface area (Å²) < 4.78 is 0. The second-order valence-electron chi connectivity index (χ2n) is 5.90. The highest BCUT2D eigenvalue weighted by atomic mass is 16.2. The molecule has 1 heterocycles. The Bertz CT molecular complexity index is 559. The summed E-state index contributed by atoms with van der Waals surface area (Å²) in [6, 6.07) is 1.95. The molecule has 21 heavy (non-hydrogen) atoms. The molecule has 1 saturated carbocycles. The fraction of sp³-hybridized carbons (Fsp3) is 0.529. The summed E-state index contributed by atoms with van der Waals surface area (Å²) in [6.45, 7) is 4.26. The topological polar surface area (TPSA) is 62.2 Å². The first-order valence-corrected chi connectivity index (χ1v) is 7.45. The maximum Gasteiger partial charge on any atom is 0.253 e. The lowest BCUT2D eigenvalue weighted by Gasteiger charge is -2.33. The van der Waals surface area contributed by atoms with Crippen molar-refractivity contribution in [2.75, 3.05) is 6.61 Å². The van der Waals surface area contributed by atoms with Gasteiger partial charge in [-0.15, -0.1) is 0 Å². The molecule has 1 aliphatic rings. The molecular formula is C17H22N2O2. The van der Waals surface area contributed by atoms with E-state index in [2.05, 4.69) is 36.0 Å². The quantitative estimate of drug-likeness (QED) is 0.817. The van der Waals surface area contributed by atoms with E-state index in [9.17, 15) is 4.79 Å². The number of amides is 1. The van der Waals surface area contributed by atoms with Crippen LogP contribution in [-0.4, -0.2) is 28.6 Å². The summed E-state index contributed by atoms with van der Waals surface area (Å²) in [7, 11) is 0. The first-order valence-electron chi connectivity index (χ1n) is 7.45. The van der Waals surface area contributed by atoms with Crippen molar-refractivity contribution in [1.82, 2.24) is 10.3 Å².